The first-order valence-electron chi connectivity index (χ1n) is 10.9. The van der Waals surface area contributed by atoms with Crippen LogP contribution in [-0.4, -0.2) is 58.4 Å². The molecule has 0 radical (unpaired) electrons. The highest BCUT2D eigenvalue weighted by molar-refractivity contribution is 5.97. The topological polar surface area (TPSA) is 106 Å². The van der Waals surface area contributed by atoms with Crippen LogP contribution in [0.15, 0.2) is 47.1 Å². The number of benzene rings is 1. The molecule has 2 aromatic rings. The molecule has 1 saturated heterocycles. The molecular weight excluding hydrogens is 414 g/mol. The zero-order chi connectivity index (χ0) is 23.1. The molecule has 172 valence electrons. The number of nitrogens with zero attached hydrogens (tertiary/aromatic N) is 3. The largest absolute Gasteiger partial charge is 0.467 e. The number of amides is 2. The quantitative estimate of drug-likeness (QED) is 0.410. The number of carbonyl (C=O) groups excluding carboxylic acids is 2. The second-order valence-corrected chi connectivity index (χ2v) is 7.98. The Hall–Kier alpha value is -3.20. The zero-order valence-corrected chi connectivity index (χ0v) is 18.4. The van der Waals surface area contributed by atoms with Crippen LogP contribution in [0.2, 0.25) is 0 Å². The third-order valence-electron chi connectivity index (χ3n) is 5.74. The number of non-ortho nitro benzene ring substituents is 1. The SMILES string of the molecule is CC[C@@H](C)N(CC(=O)N(Cc1ccco1)C[C@@H]1CCCO1)C(=O)c1ccc([N+](=O)[O-])cc1. The van der Waals surface area contributed by atoms with E-state index in [9.17, 15) is 19.7 Å². The van der Waals surface area contributed by atoms with Crippen molar-refractivity contribution in [3.05, 3.63) is 64.1 Å². The molecular formula is C23H29N3O6. The molecule has 0 unspecified atom stereocenters. The number of nitro benzene ring substituents is 1. The van der Waals surface area contributed by atoms with Gasteiger partial charge in [-0.25, -0.2) is 0 Å². The molecule has 0 aliphatic carbocycles. The molecule has 0 bridgehead atoms. The molecule has 1 aromatic heterocycles. The summed E-state index contributed by atoms with van der Waals surface area (Å²) in [6.07, 6.45) is 4.05. The Morgan fingerprint density at radius 1 is 1.25 bits per heavy atom. The van der Waals surface area contributed by atoms with Gasteiger partial charge in [0.2, 0.25) is 5.91 Å². The molecule has 2 amide bonds. The van der Waals surface area contributed by atoms with Crippen molar-refractivity contribution in [3.8, 4) is 0 Å². The molecule has 2 heterocycles. The van der Waals surface area contributed by atoms with Gasteiger partial charge in [0.15, 0.2) is 0 Å². The lowest BCUT2D eigenvalue weighted by Crippen LogP contribution is -2.47. The summed E-state index contributed by atoms with van der Waals surface area (Å²) in [6, 6.07) is 8.84. The van der Waals surface area contributed by atoms with Crippen LogP contribution in [0.1, 0.15) is 49.2 Å². The molecule has 3 rings (SSSR count). The summed E-state index contributed by atoms with van der Waals surface area (Å²) < 4.78 is 11.1. The first kappa shape index (κ1) is 23.5. The van der Waals surface area contributed by atoms with E-state index in [-0.39, 0.29) is 36.2 Å². The van der Waals surface area contributed by atoms with Gasteiger partial charge in [0, 0.05) is 36.9 Å². The van der Waals surface area contributed by atoms with Crippen LogP contribution in [0.5, 0.6) is 0 Å². The molecule has 1 aromatic carbocycles. The Morgan fingerprint density at radius 3 is 2.56 bits per heavy atom. The fourth-order valence-corrected chi connectivity index (χ4v) is 3.66. The molecule has 0 N–H and O–H groups in total. The van der Waals surface area contributed by atoms with Crippen molar-refractivity contribution >= 4 is 17.5 Å². The van der Waals surface area contributed by atoms with Crippen molar-refractivity contribution in [2.24, 2.45) is 0 Å². The highest BCUT2D eigenvalue weighted by Gasteiger charge is 2.28. The lowest BCUT2D eigenvalue weighted by molar-refractivity contribution is -0.384. The summed E-state index contributed by atoms with van der Waals surface area (Å²) in [5, 5.41) is 10.9. The summed E-state index contributed by atoms with van der Waals surface area (Å²) in [5.74, 6) is 0.123. The summed E-state index contributed by atoms with van der Waals surface area (Å²) in [5.41, 5.74) is 0.217. The van der Waals surface area contributed by atoms with Crippen LogP contribution >= 0.6 is 0 Å². The molecule has 1 aliphatic heterocycles. The predicted molar refractivity (Wildman–Crippen MR) is 117 cm³/mol. The van der Waals surface area contributed by atoms with Crippen molar-refractivity contribution in [3.63, 3.8) is 0 Å². The smallest absolute Gasteiger partial charge is 0.269 e. The van der Waals surface area contributed by atoms with E-state index in [1.807, 2.05) is 19.9 Å². The van der Waals surface area contributed by atoms with Crippen LogP contribution in [0.25, 0.3) is 0 Å². The average Bonchev–Trinajstić information content (AvgIpc) is 3.50. The van der Waals surface area contributed by atoms with Crippen LogP contribution < -0.4 is 0 Å². The van der Waals surface area contributed by atoms with Gasteiger partial charge >= 0.3 is 0 Å². The summed E-state index contributed by atoms with van der Waals surface area (Å²) in [4.78, 5) is 40.1. The highest BCUT2D eigenvalue weighted by Crippen LogP contribution is 2.19. The summed E-state index contributed by atoms with van der Waals surface area (Å²) in [6.45, 7) is 5.14. The molecule has 9 heteroatoms. The maximum Gasteiger partial charge on any atom is 0.269 e. The summed E-state index contributed by atoms with van der Waals surface area (Å²) >= 11 is 0. The highest BCUT2D eigenvalue weighted by atomic mass is 16.6. The molecule has 1 fully saturated rings. The van der Waals surface area contributed by atoms with Crippen molar-refractivity contribution in [2.45, 2.75) is 51.8 Å². The van der Waals surface area contributed by atoms with Crippen LogP contribution in [0, 0.1) is 10.1 Å². The van der Waals surface area contributed by atoms with E-state index in [2.05, 4.69) is 0 Å². The van der Waals surface area contributed by atoms with Gasteiger partial charge in [-0.15, -0.1) is 0 Å². The Morgan fingerprint density at radius 2 is 2.00 bits per heavy atom. The van der Waals surface area contributed by atoms with Gasteiger partial charge < -0.3 is 19.0 Å². The predicted octanol–water partition coefficient (Wildman–Crippen LogP) is 3.64. The first-order chi connectivity index (χ1) is 15.4. The van der Waals surface area contributed by atoms with Crippen molar-refractivity contribution in [2.75, 3.05) is 19.7 Å². The number of nitro groups is 1. The van der Waals surface area contributed by atoms with Crippen molar-refractivity contribution < 1.29 is 23.7 Å². The fourth-order valence-electron chi connectivity index (χ4n) is 3.66. The Bertz CT molecular complexity index is 906. The minimum Gasteiger partial charge on any atom is -0.467 e. The van der Waals surface area contributed by atoms with E-state index < -0.39 is 4.92 Å². The standard InChI is InChI=1S/C23H29N3O6/c1-3-17(2)25(23(28)18-8-10-19(11-9-18)26(29)30)16-22(27)24(14-20-6-4-12-31-20)15-21-7-5-13-32-21/h4,6,8-12,17,21H,3,5,7,13-16H2,1-2H3/t17-,21+/m1/s1. The maximum absolute atomic E-state index is 13.3. The number of ether oxygens (including phenoxy) is 1. The number of rotatable bonds is 10. The second kappa shape index (κ2) is 10.9. The normalized spacial score (nSPS) is 16.5. The number of furan rings is 1. The van der Waals surface area contributed by atoms with E-state index in [1.54, 1.807) is 17.2 Å². The Balaban J connectivity index is 1.77. The fraction of sp³-hybridized carbons (Fsp3) is 0.478. The first-order valence-corrected chi connectivity index (χ1v) is 10.9. The van der Waals surface area contributed by atoms with Crippen molar-refractivity contribution in [1.29, 1.82) is 0 Å². The van der Waals surface area contributed by atoms with Gasteiger partial charge in [0.05, 0.1) is 23.8 Å². The number of hydrogen-bond donors (Lipinski definition) is 0. The second-order valence-electron chi connectivity index (χ2n) is 7.98. The van der Waals surface area contributed by atoms with E-state index in [1.165, 1.54) is 29.2 Å². The molecule has 9 nitrogen and oxygen atoms in total. The lowest BCUT2D eigenvalue weighted by atomic mass is 10.1. The van der Waals surface area contributed by atoms with Crippen molar-refractivity contribution in [1.82, 2.24) is 9.80 Å². The number of hydrogen-bond acceptors (Lipinski definition) is 6. The molecule has 0 saturated carbocycles. The maximum atomic E-state index is 13.3. The lowest BCUT2D eigenvalue weighted by Gasteiger charge is -2.32. The molecule has 1 aliphatic rings. The number of carbonyl (C=O) groups is 2. The minimum atomic E-state index is -0.512. The van der Waals surface area contributed by atoms with Gasteiger partial charge in [-0.2, -0.15) is 0 Å². The van der Waals surface area contributed by atoms with Crippen LogP contribution in [0.4, 0.5) is 5.69 Å². The Labute approximate surface area is 187 Å². The third-order valence-corrected chi connectivity index (χ3v) is 5.74. The monoisotopic (exact) mass is 443 g/mol. The van der Waals surface area contributed by atoms with Gasteiger partial charge in [0.25, 0.3) is 11.6 Å². The minimum absolute atomic E-state index is 0.0312. The van der Waals surface area contributed by atoms with E-state index >= 15 is 0 Å². The molecule has 32 heavy (non-hydrogen) atoms. The van der Waals surface area contributed by atoms with Gasteiger partial charge in [0.1, 0.15) is 12.3 Å². The third kappa shape index (κ3) is 5.94. The molecule has 2 atom stereocenters. The summed E-state index contributed by atoms with van der Waals surface area (Å²) in [7, 11) is 0. The van der Waals surface area contributed by atoms with Crippen LogP contribution in [0.3, 0.4) is 0 Å². The van der Waals surface area contributed by atoms with Crippen LogP contribution in [-0.2, 0) is 16.1 Å². The Kier molecular flexibility index (Phi) is 7.99. The van der Waals surface area contributed by atoms with Gasteiger partial charge in [-0.3, -0.25) is 19.7 Å². The van der Waals surface area contributed by atoms with Gasteiger partial charge in [-0.1, -0.05) is 6.92 Å². The average molecular weight is 444 g/mol. The molecule has 0 spiro atoms. The van der Waals surface area contributed by atoms with Gasteiger partial charge in [-0.05, 0) is 50.5 Å². The van der Waals surface area contributed by atoms with E-state index in [4.69, 9.17) is 9.15 Å². The van der Waals surface area contributed by atoms with E-state index in [0.717, 1.165) is 12.8 Å². The van der Waals surface area contributed by atoms with E-state index in [0.29, 0.717) is 37.4 Å². The zero-order valence-electron chi connectivity index (χ0n) is 18.4.